The highest BCUT2D eigenvalue weighted by molar-refractivity contribution is 7.85. The van der Waals surface area contributed by atoms with E-state index in [0.29, 0.717) is 44.4 Å². The van der Waals surface area contributed by atoms with Crippen LogP contribution in [0.3, 0.4) is 0 Å². The Bertz CT molecular complexity index is 1580. The Kier molecular flexibility index (Phi) is 12.2. The number of hydrogen-bond acceptors (Lipinski definition) is 10. The molecule has 0 radical (unpaired) electrons. The molecule has 46 heavy (non-hydrogen) atoms. The number of rotatable bonds is 12. The molecule has 248 valence electrons. The first-order valence-electron chi connectivity index (χ1n) is 14.3. The quantitative estimate of drug-likeness (QED) is 0.187. The fourth-order valence-corrected chi connectivity index (χ4v) is 5.82. The monoisotopic (exact) mass is 655 g/mol. The topological polar surface area (TPSA) is 136 Å². The van der Waals surface area contributed by atoms with Gasteiger partial charge in [0.2, 0.25) is 0 Å². The van der Waals surface area contributed by atoms with Crippen molar-refractivity contribution in [2.24, 2.45) is 0 Å². The number of carbonyl (C=O) groups is 3. The standard InChI is InChI=1S/C34H41NO10S/c1-20-10-13-24(14-11-20)46(39)19-29(44-21(2)36)26-17-23(40-6)18-28(42-8)30(26)25-16-22(12-15-27(25)41-7)31(32(37)43-9)35-33(38)45-34(3,4)5/h10-18,29,31H,19H2,1-9H3,(H,35,38)/t29-,31+,46?/m0/s1. The molecule has 1 amide bonds. The second-order valence-electron chi connectivity index (χ2n) is 11.3. The molecule has 0 heterocycles. The van der Waals surface area contributed by atoms with Gasteiger partial charge in [0.1, 0.15) is 29.0 Å². The second-order valence-corrected chi connectivity index (χ2v) is 12.8. The highest BCUT2D eigenvalue weighted by Crippen LogP contribution is 2.45. The van der Waals surface area contributed by atoms with Gasteiger partial charge >= 0.3 is 18.0 Å². The average molecular weight is 656 g/mol. The van der Waals surface area contributed by atoms with Crippen LogP contribution in [0.2, 0.25) is 0 Å². The normalized spacial score (nSPS) is 13.1. The number of ether oxygens (including phenoxy) is 6. The summed E-state index contributed by atoms with van der Waals surface area (Å²) in [6, 6.07) is 14.2. The van der Waals surface area contributed by atoms with E-state index in [0.717, 1.165) is 5.56 Å². The lowest BCUT2D eigenvalue weighted by molar-refractivity contribution is -0.145. The van der Waals surface area contributed by atoms with Gasteiger partial charge in [0.25, 0.3) is 0 Å². The lowest BCUT2D eigenvalue weighted by Gasteiger charge is -2.25. The van der Waals surface area contributed by atoms with E-state index in [4.69, 9.17) is 28.4 Å². The summed E-state index contributed by atoms with van der Waals surface area (Å²) >= 11 is 0. The summed E-state index contributed by atoms with van der Waals surface area (Å²) in [7, 11) is 4.05. The third kappa shape index (κ3) is 9.23. The van der Waals surface area contributed by atoms with Crippen LogP contribution in [0.5, 0.6) is 17.2 Å². The number of esters is 2. The molecule has 0 fully saturated rings. The summed E-state index contributed by atoms with van der Waals surface area (Å²) in [5, 5.41) is 2.58. The minimum Gasteiger partial charge on any atom is -0.497 e. The van der Waals surface area contributed by atoms with Crippen molar-refractivity contribution in [2.75, 3.05) is 34.2 Å². The Morgan fingerprint density at radius 2 is 1.52 bits per heavy atom. The van der Waals surface area contributed by atoms with E-state index < -0.39 is 46.6 Å². The van der Waals surface area contributed by atoms with Crippen LogP contribution in [-0.2, 0) is 34.6 Å². The Hall–Kier alpha value is -4.58. The molecule has 3 rings (SSSR count). The summed E-state index contributed by atoms with van der Waals surface area (Å²) in [6.07, 6.45) is -1.85. The number of aryl methyl sites for hydroxylation is 1. The van der Waals surface area contributed by atoms with E-state index in [-0.39, 0.29) is 5.75 Å². The maximum atomic E-state index is 13.6. The van der Waals surface area contributed by atoms with Crippen LogP contribution in [0.1, 0.15) is 56.5 Å². The summed E-state index contributed by atoms with van der Waals surface area (Å²) in [5.74, 6) is -0.336. The number of carbonyl (C=O) groups excluding carboxylic acids is 3. The molecule has 0 spiro atoms. The molecule has 0 aliphatic carbocycles. The van der Waals surface area contributed by atoms with Crippen molar-refractivity contribution in [3.8, 4) is 28.4 Å². The van der Waals surface area contributed by atoms with Crippen molar-refractivity contribution in [3.63, 3.8) is 0 Å². The highest BCUT2D eigenvalue weighted by atomic mass is 32.2. The first-order valence-corrected chi connectivity index (χ1v) is 15.7. The van der Waals surface area contributed by atoms with Crippen LogP contribution in [0.4, 0.5) is 4.79 Å². The molecular weight excluding hydrogens is 614 g/mol. The molecule has 0 saturated heterocycles. The van der Waals surface area contributed by atoms with E-state index in [1.165, 1.54) is 35.4 Å². The molecule has 3 aromatic rings. The fourth-order valence-electron chi connectivity index (χ4n) is 4.67. The molecule has 0 aromatic heterocycles. The van der Waals surface area contributed by atoms with E-state index in [1.54, 1.807) is 63.2 Å². The Balaban J connectivity index is 2.26. The Morgan fingerprint density at radius 3 is 2.07 bits per heavy atom. The van der Waals surface area contributed by atoms with Crippen molar-refractivity contribution in [1.82, 2.24) is 5.32 Å². The van der Waals surface area contributed by atoms with Crippen LogP contribution < -0.4 is 19.5 Å². The summed E-state index contributed by atoms with van der Waals surface area (Å²) < 4.78 is 46.8. The van der Waals surface area contributed by atoms with Gasteiger partial charge < -0.3 is 33.7 Å². The molecule has 0 saturated carbocycles. The molecule has 1 N–H and O–H groups in total. The molecule has 0 aliphatic rings. The van der Waals surface area contributed by atoms with Crippen LogP contribution in [0.25, 0.3) is 11.1 Å². The van der Waals surface area contributed by atoms with Crippen molar-refractivity contribution in [2.45, 2.75) is 57.3 Å². The Labute approximate surface area is 271 Å². The van der Waals surface area contributed by atoms with Gasteiger partial charge in [-0.25, -0.2) is 9.59 Å². The van der Waals surface area contributed by atoms with E-state index in [1.807, 2.05) is 19.1 Å². The van der Waals surface area contributed by atoms with Gasteiger partial charge in [-0.3, -0.25) is 9.00 Å². The largest absolute Gasteiger partial charge is 0.497 e. The summed E-state index contributed by atoms with van der Waals surface area (Å²) in [6.45, 7) is 8.30. The van der Waals surface area contributed by atoms with Crippen LogP contribution in [0, 0.1) is 6.92 Å². The van der Waals surface area contributed by atoms with Gasteiger partial charge in [0.05, 0.1) is 45.0 Å². The molecule has 1 unspecified atom stereocenters. The Morgan fingerprint density at radius 1 is 0.870 bits per heavy atom. The van der Waals surface area contributed by atoms with Crippen LogP contribution in [0.15, 0.2) is 59.5 Å². The van der Waals surface area contributed by atoms with Crippen molar-refractivity contribution < 1.29 is 47.0 Å². The minimum absolute atomic E-state index is 0.0844. The van der Waals surface area contributed by atoms with Gasteiger partial charge in [-0.05, 0) is 63.6 Å². The SMILES string of the molecule is COC(=O)[C@H](NC(=O)OC(C)(C)C)c1ccc(OC)c(-c2c(OC)cc(OC)cc2[C@H](CS(=O)c2ccc(C)cc2)OC(C)=O)c1. The van der Waals surface area contributed by atoms with Crippen molar-refractivity contribution in [1.29, 1.82) is 0 Å². The number of nitrogens with one attached hydrogen (secondary N) is 1. The maximum absolute atomic E-state index is 13.6. The predicted octanol–water partition coefficient (Wildman–Crippen LogP) is 5.84. The zero-order chi connectivity index (χ0) is 34.2. The zero-order valence-electron chi connectivity index (χ0n) is 27.5. The van der Waals surface area contributed by atoms with E-state index in [2.05, 4.69) is 5.32 Å². The van der Waals surface area contributed by atoms with Gasteiger partial charge in [-0.1, -0.05) is 23.8 Å². The fraction of sp³-hybridized carbons (Fsp3) is 0.382. The zero-order valence-corrected chi connectivity index (χ0v) is 28.4. The minimum atomic E-state index is -1.57. The lowest BCUT2D eigenvalue weighted by atomic mass is 9.92. The molecule has 3 atom stereocenters. The average Bonchev–Trinajstić information content (AvgIpc) is 3.01. The molecular formula is C34H41NO10S. The second kappa shape index (κ2) is 15.6. The molecule has 12 heteroatoms. The van der Waals surface area contributed by atoms with Gasteiger partial charge in [0, 0.05) is 34.6 Å². The summed E-state index contributed by atoms with van der Waals surface area (Å²) in [5.41, 5.74) is 1.80. The number of benzene rings is 3. The third-order valence-corrected chi connectivity index (χ3v) is 8.13. The van der Waals surface area contributed by atoms with Crippen molar-refractivity contribution in [3.05, 3.63) is 71.3 Å². The van der Waals surface area contributed by atoms with Gasteiger partial charge in [0.15, 0.2) is 6.04 Å². The number of hydrogen-bond donors (Lipinski definition) is 1. The third-order valence-electron chi connectivity index (χ3n) is 6.73. The molecule has 11 nitrogen and oxygen atoms in total. The molecule has 0 aliphatic heterocycles. The van der Waals surface area contributed by atoms with E-state index >= 15 is 0 Å². The van der Waals surface area contributed by atoms with Crippen molar-refractivity contribution >= 4 is 28.8 Å². The predicted molar refractivity (Wildman–Crippen MR) is 173 cm³/mol. The number of amides is 1. The van der Waals surface area contributed by atoms with Crippen LogP contribution >= 0.6 is 0 Å². The van der Waals surface area contributed by atoms with E-state index in [9.17, 15) is 18.6 Å². The molecule has 3 aromatic carbocycles. The van der Waals surface area contributed by atoms with Gasteiger partial charge in [-0.15, -0.1) is 0 Å². The number of methoxy groups -OCH3 is 4. The number of alkyl carbamates (subject to hydrolysis) is 1. The maximum Gasteiger partial charge on any atom is 0.408 e. The van der Waals surface area contributed by atoms with Gasteiger partial charge in [-0.2, -0.15) is 0 Å². The summed E-state index contributed by atoms with van der Waals surface area (Å²) in [4.78, 5) is 38.6. The highest BCUT2D eigenvalue weighted by Gasteiger charge is 2.31. The molecule has 0 bridgehead atoms. The first kappa shape index (κ1) is 35.9. The smallest absolute Gasteiger partial charge is 0.408 e. The lowest BCUT2D eigenvalue weighted by Crippen LogP contribution is -2.38. The first-order chi connectivity index (χ1) is 21.7. The van der Waals surface area contributed by atoms with Crippen LogP contribution in [-0.4, -0.2) is 62.0 Å².